The second-order valence-electron chi connectivity index (χ2n) is 5.85. The third-order valence-electron chi connectivity index (χ3n) is 2.88. The van der Waals surface area contributed by atoms with E-state index < -0.39 is 8.07 Å². The summed E-state index contributed by atoms with van der Waals surface area (Å²) in [6.45, 7) is 7.99. The van der Waals surface area contributed by atoms with Crippen LogP contribution in [0.25, 0.3) is 11.0 Å². The molecular weight excluding hydrogens is 362 g/mol. The first-order chi connectivity index (χ1) is 9.28. The molecule has 0 aliphatic carbocycles. The highest BCUT2D eigenvalue weighted by molar-refractivity contribution is 9.10. The van der Waals surface area contributed by atoms with Crippen LogP contribution in [0.2, 0.25) is 31.0 Å². The molecule has 5 nitrogen and oxygen atoms in total. The Hall–Kier alpha value is -0.633. The maximum Gasteiger partial charge on any atom is 0.262 e. The van der Waals surface area contributed by atoms with E-state index in [1.54, 1.807) is 10.8 Å². The van der Waals surface area contributed by atoms with Crippen molar-refractivity contribution in [3.8, 4) is 0 Å². The Kier molecular flexibility index (Phi) is 4.73. The number of H-pyrrole nitrogens is 1. The average molecular weight is 379 g/mol. The van der Waals surface area contributed by atoms with E-state index in [9.17, 15) is 4.79 Å². The van der Waals surface area contributed by atoms with Crippen LogP contribution in [0, 0.1) is 0 Å². The van der Waals surface area contributed by atoms with Crippen LogP contribution in [0.3, 0.4) is 0 Å². The Balaban J connectivity index is 2.17. The highest BCUT2D eigenvalue weighted by Gasteiger charge is 2.14. The van der Waals surface area contributed by atoms with Gasteiger partial charge in [-0.25, -0.2) is 4.98 Å². The van der Waals surface area contributed by atoms with Crippen molar-refractivity contribution < 1.29 is 4.74 Å². The van der Waals surface area contributed by atoms with Crippen LogP contribution >= 0.6 is 27.5 Å². The van der Waals surface area contributed by atoms with Gasteiger partial charge >= 0.3 is 0 Å². The quantitative estimate of drug-likeness (QED) is 0.492. The predicted octanol–water partition coefficient (Wildman–Crippen LogP) is 3.45. The second-order valence-corrected chi connectivity index (χ2v) is 12.7. The standard InChI is InChI=1S/C12H17BrClN3O2Si/c1-20(2,3)5-4-19-7-17-6-8(13)9-10(17)15-12(14)16-11(9)18/h6H,4-5,7H2,1-3H3,(H,15,16,18). The molecule has 0 aromatic carbocycles. The number of hydrogen-bond acceptors (Lipinski definition) is 3. The van der Waals surface area contributed by atoms with Gasteiger partial charge in [0.25, 0.3) is 5.56 Å². The summed E-state index contributed by atoms with van der Waals surface area (Å²) in [6, 6.07) is 1.10. The molecule has 0 aliphatic heterocycles. The molecule has 20 heavy (non-hydrogen) atoms. The molecule has 8 heteroatoms. The summed E-state index contributed by atoms with van der Waals surface area (Å²) < 4.78 is 8.15. The molecule has 0 saturated heterocycles. The van der Waals surface area contributed by atoms with Gasteiger partial charge in [-0.3, -0.25) is 9.78 Å². The lowest BCUT2D eigenvalue weighted by atomic mass is 10.4. The van der Waals surface area contributed by atoms with Crippen molar-refractivity contribution in [1.29, 1.82) is 0 Å². The molecule has 0 bridgehead atoms. The molecule has 0 fully saturated rings. The Morgan fingerprint density at radius 3 is 2.85 bits per heavy atom. The van der Waals surface area contributed by atoms with Gasteiger partial charge < -0.3 is 9.30 Å². The lowest BCUT2D eigenvalue weighted by molar-refractivity contribution is 0.0898. The maximum atomic E-state index is 11.8. The lowest BCUT2D eigenvalue weighted by Crippen LogP contribution is -2.22. The van der Waals surface area contributed by atoms with Gasteiger partial charge in [0.05, 0.1) is 9.86 Å². The van der Waals surface area contributed by atoms with Gasteiger partial charge in [-0.15, -0.1) is 0 Å². The van der Waals surface area contributed by atoms with Crippen LogP contribution in [0.15, 0.2) is 15.5 Å². The maximum absolute atomic E-state index is 11.8. The van der Waals surface area contributed by atoms with Crippen LogP contribution < -0.4 is 5.56 Å². The van der Waals surface area contributed by atoms with E-state index in [2.05, 4.69) is 45.5 Å². The van der Waals surface area contributed by atoms with Gasteiger partial charge in [-0.1, -0.05) is 19.6 Å². The Morgan fingerprint density at radius 2 is 2.20 bits per heavy atom. The molecule has 2 rings (SSSR count). The van der Waals surface area contributed by atoms with Gasteiger partial charge in [0.15, 0.2) is 5.65 Å². The molecule has 110 valence electrons. The van der Waals surface area contributed by atoms with E-state index in [0.29, 0.717) is 28.8 Å². The highest BCUT2D eigenvalue weighted by Crippen LogP contribution is 2.22. The van der Waals surface area contributed by atoms with Crippen LogP contribution in [-0.2, 0) is 11.5 Å². The fourth-order valence-electron chi connectivity index (χ4n) is 1.76. The number of hydrogen-bond donors (Lipinski definition) is 1. The van der Waals surface area contributed by atoms with E-state index in [1.165, 1.54) is 0 Å². The summed E-state index contributed by atoms with van der Waals surface area (Å²) in [5.74, 6) is 0. The lowest BCUT2D eigenvalue weighted by Gasteiger charge is -2.15. The molecule has 0 amide bonds. The van der Waals surface area contributed by atoms with Gasteiger partial charge in [-0.2, -0.15) is 0 Å². The molecule has 0 unspecified atom stereocenters. The van der Waals surface area contributed by atoms with Crippen molar-refractivity contribution in [2.24, 2.45) is 0 Å². The molecule has 2 aromatic rings. The SMILES string of the molecule is C[Si](C)(C)CCOCn1cc(Br)c2c(=O)[nH]c(Cl)nc21. The van der Waals surface area contributed by atoms with E-state index in [0.717, 1.165) is 6.04 Å². The molecule has 0 radical (unpaired) electrons. The largest absolute Gasteiger partial charge is 0.361 e. The third-order valence-corrected chi connectivity index (χ3v) is 5.36. The first-order valence-electron chi connectivity index (χ1n) is 6.30. The summed E-state index contributed by atoms with van der Waals surface area (Å²) in [6.07, 6.45) is 1.79. The van der Waals surface area contributed by atoms with E-state index in [4.69, 9.17) is 16.3 Å². The van der Waals surface area contributed by atoms with Crippen LogP contribution in [-0.4, -0.2) is 29.2 Å². The predicted molar refractivity (Wildman–Crippen MR) is 87.2 cm³/mol. The number of fused-ring (bicyclic) bond motifs is 1. The molecule has 0 spiro atoms. The molecule has 2 aromatic heterocycles. The highest BCUT2D eigenvalue weighted by atomic mass is 79.9. The molecule has 1 N–H and O–H groups in total. The van der Waals surface area contributed by atoms with Crippen LogP contribution in [0.5, 0.6) is 0 Å². The monoisotopic (exact) mass is 377 g/mol. The Morgan fingerprint density at radius 1 is 1.50 bits per heavy atom. The number of ether oxygens (including phenoxy) is 1. The summed E-state index contributed by atoms with van der Waals surface area (Å²) in [5, 5.41) is 0.569. The molecule has 2 heterocycles. The average Bonchev–Trinajstić information content (AvgIpc) is 2.60. The fraction of sp³-hybridized carbons (Fsp3) is 0.500. The van der Waals surface area contributed by atoms with Crippen molar-refractivity contribution in [3.05, 3.63) is 26.3 Å². The minimum atomic E-state index is -1.10. The van der Waals surface area contributed by atoms with E-state index in [-0.39, 0.29) is 10.8 Å². The normalized spacial score (nSPS) is 12.2. The zero-order valence-corrected chi connectivity index (χ0v) is 15.0. The van der Waals surface area contributed by atoms with Gasteiger partial charge in [0, 0.05) is 20.9 Å². The van der Waals surface area contributed by atoms with Crippen molar-refractivity contribution in [1.82, 2.24) is 14.5 Å². The van der Waals surface area contributed by atoms with Crippen molar-refractivity contribution in [2.75, 3.05) is 6.61 Å². The number of nitrogens with zero attached hydrogens (tertiary/aromatic N) is 2. The smallest absolute Gasteiger partial charge is 0.262 e. The fourth-order valence-corrected chi connectivity index (χ4v) is 3.29. The van der Waals surface area contributed by atoms with Gasteiger partial charge in [0.2, 0.25) is 5.28 Å². The summed E-state index contributed by atoms with van der Waals surface area (Å²) in [4.78, 5) is 18.5. The number of nitrogens with one attached hydrogen (secondary N) is 1. The van der Waals surface area contributed by atoms with Crippen molar-refractivity contribution in [3.63, 3.8) is 0 Å². The summed E-state index contributed by atoms with van der Waals surface area (Å²) >= 11 is 9.16. The Labute approximate surface area is 131 Å². The summed E-state index contributed by atoms with van der Waals surface area (Å²) in [7, 11) is -1.10. The van der Waals surface area contributed by atoms with Crippen molar-refractivity contribution >= 4 is 46.6 Å². The second kappa shape index (κ2) is 6.01. The zero-order valence-electron chi connectivity index (χ0n) is 11.7. The zero-order chi connectivity index (χ0) is 14.9. The number of halogens is 2. The third kappa shape index (κ3) is 3.72. The van der Waals surface area contributed by atoms with E-state index in [1.807, 2.05) is 0 Å². The van der Waals surface area contributed by atoms with E-state index >= 15 is 0 Å². The molecule has 0 atom stereocenters. The first-order valence-corrected chi connectivity index (χ1v) is 11.2. The number of rotatable bonds is 5. The number of aromatic nitrogens is 3. The molecular formula is C12H17BrClN3O2Si. The Bertz CT molecular complexity index is 678. The first kappa shape index (κ1) is 15.8. The summed E-state index contributed by atoms with van der Waals surface area (Å²) in [5.41, 5.74) is 0.270. The van der Waals surface area contributed by atoms with Crippen LogP contribution in [0.4, 0.5) is 0 Å². The molecule has 0 aliphatic rings. The topological polar surface area (TPSA) is 59.9 Å². The van der Waals surface area contributed by atoms with Gasteiger partial charge in [-0.05, 0) is 33.6 Å². The molecule has 0 saturated carbocycles. The van der Waals surface area contributed by atoms with Crippen LogP contribution in [0.1, 0.15) is 0 Å². The van der Waals surface area contributed by atoms with Crippen molar-refractivity contribution in [2.45, 2.75) is 32.4 Å². The minimum absolute atomic E-state index is 0.0800. The number of aromatic amines is 1. The minimum Gasteiger partial charge on any atom is -0.361 e. The van der Waals surface area contributed by atoms with Gasteiger partial charge in [0.1, 0.15) is 6.73 Å².